The van der Waals surface area contributed by atoms with Crippen molar-refractivity contribution in [3.63, 3.8) is 0 Å². The third-order valence-electron chi connectivity index (χ3n) is 33.7. The van der Waals surface area contributed by atoms with Crippen LogP contribution >= 0.6 is 0 Å². The molecule has 784 valence electrons. The Morgan fingerprint density at radius 3 is 0.863 bits per heavy atom. The Kier molecular flexibility index (Phi) is 49.2. The number of fused-ring (bicyclic) bond motifs is 36. The summed E-state index contributed by atoms with van der Waals surface area (Å²) >= 11 is 0. The van der Waals surface area contributed by atoms with Gasteiger partial charge in [-0.05, 0) is 445 Å². The standard InChI is InChI=1S/C20H29F3O2.C19H26F6O2.C19H29F3O2.C18H27F3O2.4C4H12OSi.8CH4/c21-20(22,23)16(25-17-3-1-2-6-24-17)10-13-8-14-9-15(13)19-12-5-4-11(7-12)18(14)19;1-2-26-9-27-17(18(20,21)22,19(23,24)25)8-13-6-12-7-14(13)16-11-4-3-10(5-11)15(12)16;1-3-23-10-24-18(2,19(20,21)22)9-14-7-13-8-15(14)17-12-5-4-11(6-12)16(13)17;1-2-22-9-23-15(18(19,20)21)8-12-6-13-7-14(12)17-11-4-3-10(5-11)16(13)17;4*1-5-6(2,3)4;;;;;;;;/h11-19H,1-10H2;10-16H,2-9H2,1H3;11-17H,3-10H2,1-2H3;10-17H,2-9H2,1H3;4*1-4H3;8*1H4. The molecule has 17 rings (SSSR count). The van der Waals surface area contributed by atoms with Crippen molar-refractivity contribution < 1.29 is 121 Å². The van der Waals surface area contributed by atoms with Crippen LogP contribution in [0.2, 0.25) is 78.6 Å². The molecule has 0 radical (unpaired) electrons. The van der Waals surface area contributed by atoms with Crippen LogP contribution in [0, 0.1) is 166 Å². The lowest BCUT2D eigenvalue weighted by atomic mass is 9.65. The van der Waals surface area contributed by atoms with Crippen molar-refractivity contribution in [2.45, 2.75) is 400 Å². The molecule has 0 spiro atoms. The maximum Gasteiger partial charge on any atom is 0.426 e. The van der Waals surface area contributed by atoms with Gasteiger partial charge >= 0.3 is 30.9 Å². The number of alkyl halides is 15. The summed E-state index contributed by atoms with van der Waals surface area (Å²) in [7, 11) is 2.56. The van der Waals surface area contributed by atoms with E-state index in [1.54, 1.807) is 42.3 Å². The second kappa shape index (κ2) is 51.0. The Labute approximate surface area is 791 Å². The number of hydrogen-bond acceptors (Lipinski definition) is 12. The molecule has 16 bridgehead atoms. The first-order chi connectivity index (χ1) is 57.2. The number of halogens is 15. The van der Waals surface area contributed by atoms with Crippen LogP contribution in [-0.2, 0) is 55.6 Å². The molecule has 1 saturated heterocycles. The van der Waals surface area contributed by atoms with Gasteiger partial charge in [0, 0.05) is 54.9 Å². The molecular formula is C100H191F15O12Si4. The Bertz CT molecular complexity index is 3130. The number of rotatable bonds is 26. The lowest BCUT2D eigenvalue weighted by molar-refractivity contribution is -0.398. The van der Waals surface area contributed by atoms with Gasteiger partial charge in [0.05, 0.1) is 0 Å². The van der Waals surface area contributed by atoms with Gasteiger partial charge in [-0.25, -0.2) is 0 Å². The predicted octanol–water partition coefficient (Wildman–Crippen LogP) is 31.4. The average Bonchev–Trinajstić information content (AvgIpc) is 1.59. The lowest BCUT2D eigenvalue weighted by Crippen LogP contribution is -2.60. The SMILES string of the molecule is C.C.C.C.C.C.C.C.CCOCOC(C)(CC1CC2CC1C1C3CCC(C3)C21)C(F)(F)F.CCOCOC(CC1CC2CC1C1C3CCC(C3)C21)(C(F)(F)F)C(F)(F)F.CCOCOC(CC1CC2CC1C1C3CCC(C3)C21)C(F)(F)F.CO[Si](C)(C)C.CO[Si](C)(C)C.CO[Si](C)(C)C.CO[Si](C)(C)C.FC(F)(F)C(CC1CC2CC1C1C3CCC(C3)C21)OC1CCCCO1. The minimum absolute atomic E-state index is 0. The molecule has 16 aliphatic carbocycles. The van der Waals surface area contributed by atoms with E-state index in [4.69, 9.17) is 50.9 Å². The molecule has 17 aliphatic rings. The zero-order chi connectivity index (χ0) is 90.9. The number of hydrogen-bond donors (Lipinski definition) is 0. The van der Waals surface area contributed by atoms with Crippen molar-refractivity contribution in [3.8, 4) is 0 Å². The second-order valence-electron chi connectivity index (χ2n) is 44.6. The van der Waals surface area contributed by atoms with Gasteiger partial charge in [0.25, 0.3) is 5.60 Å². The van der Waals surface area contributed by atoms with Crippen LogP contribution in [-0.4, -0.2) is 169 Å². The van der Waals surface area contributed by atoms with Crippen LogP contribution in [0.4, 0.5) is 65.9 Å². The Balaban J connectivity index is 0.000000535. The largest absolute Gasteiger partial charge is 0.426 e. The van der Waals surface area contributed by atoms with Gasteiger partial charge in [-0.2, -0.15) is 65.9 Å². The van der Waals surface area contributed by atoms with Gasteiger partial charge in [-0.1, -0.05) is 59.4 Å². The highest BCUT2D eigenvalue weighted by atomic mass is 28.4. The maximum absolute atomic E-state index is 13.7. The molecule has 0 aromatic rings. The van der Waals surface area contributed by atoms with Crippen molar-refractivity contribution in [2.24, 2.45) is 166 Å². The molecule has 12 nitrogen and oxygen atoms in total. The quantitative estimate of drug-likeness (QED) is 0.0270. The molecule has 0 N–H and O–H groups in total. The van der Waals surface area contributed by atoms with Crippen molar-refractivity contribution in [3.05, 3.63) is 0 Å². The summed E-state index contributed by atoms with van der Waals surface area (Å²) in [4.78, 5) is 0. The van der Waals surface area contributed by atoms with E-state index >= 15 is 0 Å². The second-order valence-corrected chi connectivity index (χ2v) is 63.1. The van der Waals surface area contributed by atoms with E-state index < -0.39 is 113 Å². The van der Waals surface area contributed by atoms with Crippen LogP contribution in [0.15, 0.2) is 0 Å². The zero-order valence-electron chi connectivity index (χ0n) is 78.0. The predicted molar refractivity (Wildman–Crippen MR) is 510 cm³/mol. The summed E-state index contributed by atoms with van der Waals surface area (Å²) in [6.07, 6.45) is -2.75. The van der Waals surface area contributed by atoms with E-state index in [9.17, 15) is 65.9 Å². The van der Waals surface area contributed by atoms with E-state index in [1.807, 2.05) is 0 Å². The molecule has 0 aromatic carbocycles. The first-order valence-corrected chi connectivity index (χ1v) is 61.2. The van der Waals surface area contributed by atoms with Gasteiger partial charge in [-0.15, -0.1) is 0 Å². The van der Waals surface area contributed by atoms with Crippen molar-refractivity contribution in [1.29, 1.82) is 0 Å². The highest BCUT2D eigenvalue weighted by molar-refractivity contribution is 6.70. The van der Waals surface area contributed by atoms with E-state index in [-0.39, 0.29) is 123 Å². The molecular weight excluding hydrogens is 1790 g/mol. The van der Waals surface area contributed by atoms with E-state index in [0.717, 1.165) is 122 Å². The summed E-state index contributed by atoms with van der Waals surface area (Å²) in [5.74, 6) is 15.8. The maximum atomic E-state index is 13.7. The molecule has 17 fully saturated rings. The summed E-state index contributed by atoms with van der Waals surface area (Å²) in [6, 6.07) is 0. The van der Waals surface area contributed by atoms with E-state index in [0.29, 0.717) is 97.8 Å². The summed E-state index contributed by atoms with van der Waals surface area (Å²) < 4.78 is 265. The third-order valence-corrected chi connectivity index (χ3v) is 38.6. The van der Waals surface area contributed by atoms with Gasteiger partial charge in [0.2, 0.25) is 0 Å². The summed E-state index contributed by atoms with van der Waals surface area (Å²) in [5, 5.41) is 0. The van der Waals surface area contributed by atoms with Crippen LogP contribution in [0.1, 0.15) is 260 Å². The average molecular weight is 1980 g/mol. The zero-order valence-corrected chi connectivity index (χ0v) is 82.0. The highest BCUT2D eigenvalue weighted by Gasteiger charge is 2.75. The Morgan fingerprint density at radius 1 is 0.313 bits per heavy atom. The van der Waals surface area contributed by atoms with Crippen LogP contribution < -0.4 is 0 Å². The topological polar surface area (TPSA) is 111 Å². The Morgan fingerprint density at radius 2 is 0.588 bits per heavy atom. The van der Waals surface area contributed by atoms with E-state index in [1.165, 1.54) is 97.3 Å². The lowest BCUT2D eigenvalue weighted by Gasteiger charge is -2.43. The van der Waals surface area contributed by atoms with Crippen molar-refractivity contribution >= 4 is 33.3 Å². The fourth-order valence-corrected chi connectivity index (χ4v) is 28.4. The first kappa shape index (κ1) is 126. The van der Waals surface area contributed by atoms with Gasteiger partial charge in [-0.3, -0.25) is 0 Å². The van der Waals surface area contributed by atoms with Crippen LogP contribution in [0.25, 0.3) is 0 Å². The van der Waals surface area contributed by atoms with Gasteiger partial charge < -0.3 is 55.6 Å². The fourth-order valence-electron chi connectivity index (χ4n) is 28.4. The van der Waals surface area contributed by atoms with Crippen molar-refractivity contribution in [2.75, 3.05) is 75.2 Å². The minimum Gasteiger partial charge on any atom is -0.421 e. The molecule has 0 amide bonds. The smallest absolute Gasteiger partial charge is 0.421 e. The van der Waals surface area contributed by atoms with Gasteiger partial charge in [0.15, 0.2) is 57.4 Å². The van der Waals surface area contributed by atoms with E-state index in [2.05, 4.69) is 83.3 Å². The molecule has 1 heterocycles. The summed E-state index contributed by atoms with van der Waals surface area (Å²) in [6.45, 7) is 31.9. The molecule has 32 unspecified atom stereocenters. The molecule has 1 aliphatic heterocycles. The first-order valence-electron chi connectivity index (χ1n) is 47.6. The Hall–Kier alpha value is -0.662. The fraction of sp³-hybridized carbons (Fsp3) is 1.00. The molecule has 16 saturated carbocycles. The monoisotopic (exact) mass is 1980 g/mol. The normalized spacial score (nSPS) is 36.4. The molecule has 32 atom stereocenters. The van der Waals surface area contributed by atoms with Crippen LogP contribution in [0.3, 0.4) is 0 Å². The molecule has 31 heteroatoms. The van der Waals surface area contributed by atoms with Gasteiger partial charge in [0.1, 0.15) is 20.4 Å². The molecule has 131 heavy (non-hydrogen) atoms. The van der Waals surface area contributed by atoms with Crippen LogP contribution in [0.5, 0.6) is 0 Å². The number of ether oxygens (including phenoxy) is 8. The summed E-state index contributed by atoms with van der Waals surface area (Å²) in [5.41, 5.74) is -6.22. The minimum atomic E-state index is -5.53. The van der Waals surface area contributed by atoms with Crippen molar-refractivity contribution in [1.82, 2.24) is 0 Å². The highest BCUT2D eigenvalue weighted by Crippen LogP contribution is 2.74. The third kappa shape index (κ3) is 30.7. The molecule has 0 aromatic heterocycles.